The number of hydrogen-bond acceptors (Lipinski definition) is 6. The molecule has 1 aromatic heterocycles. The lowest BCUT2D eigenvalue weighted by atomic mass is 9.53. The van der Waals surface area contributed by atoms with E-state index in [2.05, 4.69) is 31.1 Å². The third-order valence-electron chi connectivity index (χ3n) is 8.96. The van der Waals surface area contributed by atoms with E-state index in [1.54, 1.807) is 11.3 Å². The number of carbonyl (C=O) groups excluding carboxylic acids is 1. The van der Waals surface area contributed by atoms with Crippen LogP contribution in [0, 0.1) is 23.2 Å². The minimum absolute atomic E-state index is 0.0230. The quantitative estimate of drug-likeness (QED) is 0.514. The average Bonchev–Trinajstić information content (AvgIpc) is 3.23. The van der Waals surface area contributed by atoms with E-state index in [0.717, 1.165) is 56.3 Å². The maximum absolute atomic E-state index is 13.4. The number of likely N-dealkylation sites (N-methyl/N-ethyl adjacent to an activating group) is 1. The molecule has 196 valence electrons. The molecule has 1 aliphatic heterocycles. The molecule has 2 aliphatic carbocycles. The summed E-state index contributed by atoms with van der Waals surface area (Å²) in [5, 5.41) is 17.0. The van der Waals surface area contributed by atoms with Crippen LogP contribution in [0.5, 0.6) is 0 Å². The zero-order chi connectivity index (χ0) is 25.8. The molecule has 6 unspecified atom stereocenters. The minimum Gasteiger partial charge on any atom is -0.392 e. The Morgan fingerprint density at radius 2 is 1.92 bits per heavy atom. The molecule has 9 heteroatoms. The fourth-order valence-corrected chi connectivity index (χ4v) is 8.58. The highest BCUT2D eigenvalue weighted by atomic mass is 35.5. The predicted molar refractivity (Wildman–Crippen MR) is 148 cm³/mol. The number of anilines is 2. The molecule has 0 radical (unpaired) electrons. The fraction of sp³-hybridized carbons (Fsp3) is 0.630. The second-order valence-electron chi connectivity index (χ2n) is 11.3. The van der Waals surface area contributed by atoms with Crippen molar-refractivity contribution in [3.05, 3.63) is 38.8 Å². The zero-order valence-corrected chi connectivity index (χ0v) is 23.8. The van der Waals surface area contributed by atoms with Crippen molar-refractivity contribution in [1.82, 2.24) is 14.8 Å². The van der Waals surface area contributed by atoms with Crippen LogP contribution in [0.15, 0.2) is 18.2 Å². The van der Waals surface area contributed by atoms with Gasteiger partial charge in [0.25, 0.3) is 0 Å². The molecule has 5 rings (SSSR count). The van der Waals surface area contributed by atoms with Gasteiger partial charge in [-0.25, -0.2) is 4.98 Å². The van der Waals surface area contributed by atoms with Crippen molar-refractivity contribution >= 4 is 51.3 Å². The summed E-state index contributed by atoms with van der Waals surface area (Å²) in [7, 11) is 2.10. The van der Waals surface area contributed by atoms with Gasteiger partial charge < -0.3 is 20.2 Å². The van der Waals surface area contributed by atoms with Crippen LogP contribution < -0.4 is 5.32 Å². The topological polar surface area (TPSA) is 68.7 Å². The summed E-state index contributed by atoms with van der Waals surface area (Å²) in [5.74, 6) is 0.131. The number of rotatable bonds is 4. The van der Waals surface area contributed by atoms with Crippen LogP contribution in [0.1, 0.15) is 50.1 Å². The summed E-state index contributed by atoms with van der Waals surface area (Å²) < 4.78 is 0. The van der Waals surface area contributed by atoms with Crippen LogP contribution in [0.4, 0.5) is 10.8 Å². The molecule has 1 amide bonds. The highest BCUT2D eigenvalue weighted by Gasteiger charge is 2.54. The molecule has 0 spiro atoms. The Kier molecular flexibility index (Phi) is 7.33. The molecule has 6 nitrogen and oxygen atoms in total. The highest BCUT2D eigenvalue weighted by Crippen LogP contribution is 2.57. The number of nitrogens with one attached hydrogen (secondary N) is 1. The molecular formula is C27H36Cl2N4O2S. The van der Waals surface area contributed by atoms with Gasteiger partial charge in [-0.05, 0) is 55.7 Å². The van der Waals surface area contributed by atoms with E-state index in [1.165, 1.54) is 4.88 Å². The van der Waals surface area contributed by atoms with Crippen molar-refractivity contribution < 1.29 is 9.90 Å². The number of fused-ring (bicyclic) bond motifs is 2. The molecule has 2 fully saturated rings. The van der Waals surface area contributed by atoms with Gasteiger partial charge in [-0.2, -0.15) is 0 Å². The van der Waals surface area contributed by atoms with Crippen LogP contribution in [-0.2, 0) is 11.2 Å². The lowest BCUT2D eigenvalue weighted by molar-refractivity contribution is -0.146. The summed E-state index contributed by atoms with van der Waals surface area (Å²) in [4.78, 5) is 23.8. The molecule has 2 aromatic rings. The van der Waals surface area contributed by atoms with Gasteiger partial charge in [-0.1, -0.05) is 50.0 Å². The number of aliphatic hydroxyl groups is 1. The molecular weight excluding hydrogens is 515 g/mol. The molecule has 1 saturated heterocycles. The van der Waals surface area contributed by atoms with Crippen molar-refractivity contribution in [2.45, 2.75) is 52.1 Å². The second kappa shape index (κ2) is 10.1. The average molecular weight is 552 g/mol. The standard InChI is InChI=1S/C27H36Cl2N4O2S/c1-15(25(35)33-12-10-32(4)11-13-33)17-8-9-27(3)14-20-22(16(2)21(27)24(17)34)30-26(36-20)31-23-18(28)6-5-7-19(23)29/h5-7,15-17,21,24,34H,8-14H2,1-4H3,(H,30,31). The van der Waals surface area contributed by atoms with Crippen molar-refractivity contribution in [3.8, 4) is 0 Å². The van der Waals surface area contributed by atoms with E-state index in [1.807, 2.05) is 30.0 Å². The number of nitrogens with zero attached hydrogens (tertiary/aromatic N) is 3. The number of para-hydroxylation sites is 1. The van der Waals surface area contributed by atoms with Gasteiger partial charge in [0, 0.05) is 42.9 Å². The molecule has 6 atom stereocenters. The summed E-state index contributed by atoms with van der Waals surface area (Å²) >= 11 is 14.4. The number of thiazole rings is 1. The molecule has 2 heterocycles. The van der Waals surface area contributed by atoms with E-state index in [9.17, 15) is 9.90 Å². The van der Waals surface area contributed by atoms with Crippen molar-refractivity contribution in [2.75, 3.05) is 38.5 Å². The lowest BCUT2D eigenvalue weighted by Gasteiger charge is -2.53. The van der Waals surface area contributed by atoms with E-state index >= 15 is 0 Å². The summed E-state index contributed by atoms with van der Waals surface area (Å²) in [6.07, 6.45) is 2.23. The maximum atomic E-state index is 13.4. The van der Waals surface area contributed by atoms with E-state index in [0.29, 0.717) is 15.7 Å². The molecule has 1 aromatic carbocycles. The summed E-state index contributed by atoms with van der Waals surface area (Å²) in [6.45, 7) is 9.87. The van der Waals surface area contributed by atoms with Crippen LogP contribution in [0.25, 0.3) is 0 Å². The maximum Gasteiger partial charge on any atom is 0.225 e. The Bertz CT molecular complexity index is 1110. The number of amides is 1. The molecule has 1 saturated carbocycles. The third kappa shape index (κ3) is 4.66. The molecule has 2 N–H and O–H groups in total. The Hall–Kier alpha value is -1.38. The summed E-state index contributed by atoms with van der Waals surface area (Å²) in [6, 6.07) is 5.44. The minimum atomic E-state index is -0.533. The van der Waals surface area contributed by atoms with Gasteiger partial charge in [0.05, 0.1) is 27.5 Å². The SMILES string of the molecule is CC(C(=O)N1CCN(C)CC1)C1CCC2(C)Cc3sc(Nc4c(Cl)cccc4Cl)nc3C(C)C2C1O. The van der Waals surface area contributed by atoms with Crippen LogP contribution in [-0.4, -0.2) is 65.1 Å². The smallest absolute Gasteiger partial charge is 0.225 e. The Morgan fingerprint density at radius 3 is 2.58 bits per heavy atom. The van der Waals surface area contributed by atoms with Crippen molar-refractivity contribution in [2.24, 2.45) is 23.2 Å². The Labute approximate surface area is 228 Å². The van der Waals surface area contributed by atoms with Gasteiger partial charge in [0.1, 0.15) is 0 Å². The number of hydrogen-bond donors (Lipinski definition) is 2. The molecule has 3 aliphatic rings. The number of piperazine rings is 1. The van der Waals surface area contributed by atoms with Crippen LogP contribution >= 0.6 is 34.5 Å². The zero-order valence-electron chi connectivity index (χ0n) is 21.4. The first kappa shape index (κ1) is 26.2. The lowest BCUT2D eigenvalue weighted by Crippen LogP contribution is -2.55. The van der Waals surface area contributed by atoms with E-state index in [-0.39, 0.29) is 35.0 Å². The largest absolute Gasteiger partial charge is 0.392 e. The first-order valence-electron chi connectivity index (χ1n) is 12.9. The highest BCUT2D eigenvalue weighted by molar-refractivity contribution is 7.15. The van der Waals surface area contributed by atoms with Gasteiger partial charge in [0.2, 0.25) is 5.91 Å². The number of benzene rings is 1. The first-order valence-corrected chi connectivity index (χ1v) is 14.5. The van der Waals surface area contributed by atoms with Gasteiger partial charge in [-0.3, -0.25) is 4.79 Å². The monoisotopic (exact) mass is 550 g/mol. The Balaban J connectivity index is 1.36. The van der Waals surface area contributed by atoms with E-state index < -0.39 is 6.10 Å². The van der Waals surface area contributed by atoms with Crippen LogP contribution in [0.2, 0.25) is 10.0 Å². The van der Waals surface area contributed by atoms with Gasteiger partial charge in [0.15, 0.2) is 5.13 Å². The molecule has 36 heavy (non-hydrogen) atoms. The van der Waals surface area contributed by atoms with Crippen molar-refractivity contribution in [3.63, 3.8) is 0 Å². The first-order chi connectivity index (χ1) is 17.1. The van der Waals surface area contributed by atoms with E-state index in [4.69, 9.17) is 28.2 Å². The summed E-state index contributed by atoms with van der Waals surface area (Å²) in [5.41, 5.74) is 1.69. The number of carbonyl (C=O) groups is 1. The third-order valence-corrected chi connectivity index (χ3v) is 10.6. The van der Waals surface area contributed by atoms with Crippen LogP contribution in [0.3, 0.4) is 0 Å². The Morgan fingerprint density at radius 1 is 1.25 bits per heavy atom. The number of aromatic nitrogens is 1. The van der Waals surface area contributed by atoms with Crippen molar-refractivity contribution in [1.29, 1.82) is 0 Å². The fourth-order valence-electron chi connectivity index (χ4n) is 6.82. The predicted octanol–water partition coefficient (Wildman–Crippen LogP) is 5.66. The normalized spacial score (nSPS) is 31.5. The number of halogens is 2. The molecule has 0 bridgehead atoms. The second-order valence-corrected chi connectivity index (χ2v) is 13.2. The van der Waals surface area contributed by atoms with Gasteiger partial charge in [-0.15, -0.1) is 11.3 Å². The van der Waals surface area contributed by atoms with Gasteiger partial charge >= 0.3 is 0 Å². The number of aliphatic hydroxyl groups excluding tert-OH is 1.